The Labute approximate surface area is 128 Å². The fourth-order valence-electron chi connectivity index (χ4n) is 2.52. The second-order valence-corrected chi connectivity index (χ2v) is 5.20. The lowest BCUT2D eigenvalue weighted by molar-refractivity contribution is -0.117. The summed E-state index contributed by atoms with van der Waals surface area (Å²) in [6, 6.07) is 14.2. The quantitative estimate of drug-likeness (QED) is 0.722. The van der Waals surface area contributed by atoms with Gasteiger partial charge in [0.2, 0.25) is 5.91 Å². The van der Waals surface area contributed by atoms with Crippen LogP contribution in [0.1, 0.15) is 18.5 Å². The number of rotatable bonds is 4. The Morgan fingerprint density at radius 1 is 1.27 bits per heavy atom. The number of nitrogens with zero attached hydrogens (tertiary/aromatic N) is 1. The number of H-pyrrole nitrogens is 1. The molecule has 4 heteroatoms. The highest BCUT2D eigenvalue weighted by atomic mass is 16.1. The smallest absolute Gasteiger partial charge is 0.243 e. The zero-order valence-electron chi connectivity index (χ0n) is 12.3. The molecule has 0 aliphatic carbocycles. The third-order valence-corrected chi connectivity index (χ3v) is 3.74. The predicted molar refractivity (Wildman–Crippen MR) is 88.3 cm³/mol. The zero-order valence-corrected chi connectivity index (χ0v) is 12.3. The van der Waals surface area contributed by atoms with Crippen LogP contribution >= 0.6 is 0 Å². The number of benzene rings is 2. The lowest BCUT2D eigenvalue weighted by Crippen LogP contribution is -2.24. The van der Waals surface area contributed by atoms with Crippen molar-refractivity contribution in [2.24, 2.45) is 0 Å². The van der Waals surface area contributed by atoms with Gasteiger partial charge in [-0.2, -0.15) is 5.10 Å². The molecule has 2 N–H and O–H groups in total. The predicted octanol–water partition coefficient (Wildman–Crippen LogP) is 3.59. The average Bonchev–Trinajstić information content (AvgIpc) is 3.03. The summed E-state index contributed by atoms with van der Waals surface area (Å²) in [4.78, 5) is 11.4. The van der Waals surface area contributed by atoms with Gasteiger partial charge in [0, 0.05) is 10.9 Å². The van der Waals surface area contributed by atoms with Crippen molar-refractivity contribution in [1.29, 1.82) is 0 Å². The van der Waals surface area contributed by atoms with E-state index < -0.39 is 0 Å². The first-order chi connectivity index (χ1) is 10.7. The van der Waals surface area contributed by atoms with Gasteiger partial charge in [-0.25, -0.2) is 0 Å². The molecule has 0 saturated carbocycles. The van der Waals surface area contributed by atoms with Crippen LogP contribution in [0.4, 0.5) is 0 Å². The van der Waals surface area contributed by atoms with Crippen LogP contribution in [0.5, 0.6) is 0 Å². The van der Waals surface area contributed by atoms with E-state index in [4.69, 9.17) is 0 Å². The molecule has 0 spiro atoms. The number of para-hydroxylation sites is 1. The minimum absolute atomic E-state index is 0.0532. The SMILES string of the molecule is C=CC(=O)N[C@H](C)c1ccc(-c2cccc3cn[nH]c23)cc1. The van der Waals surface area contributed by atoms with Gasteiger partial charge in [-0.05, 0) is 24.1 Å². The number of aromatic nitrogens is 2. The summed E-state index contributed by atoms with van der Waals surface area (Å²) < 4.78 is 0. The molecule has 0 fully saturated rings. The van der Waals surface area contributed by atoms with Crippen LogP contribution in [0, 0.1) is 0 Å². The molecule has 2 aromatic carbocycles. The van der Waals surface area contributed by atoms with Crippen molar-refractivity contribution in [3.8, 4) is 11.1 Å². The zero-order chi connectivity index (χ0) is 15.5. The summed E-state index contributed by atoms with van der Waals surface area (Å²) in [5, 5.41) is 11.1. The van der Waals surface area contributed by atoms with Crippen LogP contribution < -0.4 is 5.32 Å². The van der Waals surface area contributed by atoms with Crippen molar-refractivity contribution in [2.45, 2.75) is 13.0 Å². The van der Waals surface area contributed by atoms with Crippen LogP contribution in [-0.4, -0.2) is 16.1 Å². The summed E-state index contributed by atoms with van der Waals surface area (Å²) in [5.41, 5.74) is 4.31. The van der Waals surface area contributed by atoms with E-state index in [0.717, 1.165) is 27.6 Å². The van der Waals surface area contributed by atoms with Gasteiger partial charge in [0.25, 0.3) is 0 Å². The monoisotopic (exact) mass is 291 g/mol. The van der Waals surface area contributed by atoms with Gasteiger partial charge in [0.05, 0.1) is 17.8 Å². The molecule has 0 aliphatic heterocycles. The lowest BCUT2D eigenvalue weighted by Gasteiger charge is -2.13. The number of fused-ring (bicyclic) bond motifs is 1. The summed E-state index contributed by atoms with van der Waals surface area (Å²) in [6.07, 6.45) is 3.10. The lowest BCUT2D eigenvalue weighted by atomic mass is 10.00. The van der Waals surface area contributed by atoms with Crippen molar-refractivity contribution < 1.29 is 4.79 Å². The maximum atomic E-state index is 11.4. The summed E-state index contributed by atoms with van der Waals surface area (Å²) in [5.74, 6) is -0.168. The number of hydrogen-bond donors (Lipinski definition) is 2. The number of carbonyl (C=O) groups excluding carboxylic acids is 1. The molecule has 0 unspecified atom stereocenters. The molecule has 0 saturated heterocycles. The molecule has 0 radical (unpaired) electrons. The first-order valence-corrected chi connectivity index (χ1v) is 7.14. The summed E-state index contributed by atoms with van der Waals surface area (Å²) in [7, 11) is 0. The Balaban J connectivity index is 1.90. The third kappa shape index (κ3) is 2.63. The maximum Gasteiger partial charge on any atom is 0.243 e. The first-order valence-electron chi connectivity index (χ1n) is 7.14. The Morgan fingerprint density at radius 3 is 2.77 bits per heavy atom. The molecule has 1 heterocycles. The first kappa shape index (κ1) is 14.1. The van der Waals surface area contributed by atoms with E-state index in [1.807, 2.05) is 37.4 Å². The van der Waals surface area contributed by atoms with E-state index >= 15 is 0 Å². The van der Waals surface area contributed by atoms with Crippen molar-refractivity contribution in [3.05, 3.63) is 66.9 Å². The van der Waals surface area contributed by atoms with Gasteiger partial charge in [-0.3, -0.25) is 9.89 Å². The molecular formula is C18H17N3O. The molecule has 1 aromatic heterocycles. The molecule has 110 valence electrons. The highest BCUT2D eigenvalue weighted by Crippen LogP contribution is 2.27. The molecule has 1 atom stereocenters. The second kappa shape index (κ2) is 5.85. The molecule has 0 aliphatic rings. The van der Waals surface area contributed by atoms with Crippen LogP contribution in [0.25, 0.3) is 22.0 Å². The number of aromatic amines is 1. The molecule has 0 bridgehead atoms. The van der Waals surface area contributed by atoms with E-state index in [0.29, 0.717) is 0 Å². The minimum atomic E-state index is -0.168. The van der Waals surface area contributed by atoms with Crippen molar-refractivity contribution >= 4 is 16.8 Å². The molecule has 3 rings (SSSR count). The third-order valence-electron chi connectivity index (χ3n) is 3.74. The minimum Gasteiger partial charge on any atom is -0.346 e. The van der Waals surface area contributed by atoms with Gasteiger partial charge >= 0.3 is 0 Å². The highest BCUT2D eigenvalue weighted by molar-refractivity contribution is 5.93. The Hall–Kier alpha value is -2.88. The van der Waals surface area contributed by atoms with E-state index in [-0.39, 0.29) is 11.9 Å². The second-order valence-electron chi connectivity index (χ2n) is 5.20. The Morgan fingerprint density at radius 2 is 2.05 bits per heavy atom. The summed E-state index contributed by atoms with van der Waals surface area (Å²) >= 11 is 0. The van der Waals surface area contributed by atoms with Gasteiger partial charge in [-0.15, -0.1) is 0 Å². The van der Waals surface area contributed by atoms with Crippen LogP contribution in [0.2, 0.25) is 0 Å². The largest absolute Gasteiger partial charge is 0.346 e. The Kier molecular flexibility index (Phi) is 3.74. The molecular weight excluding hydrogens is 274 g/mol. The topological polar surface area (TPSA) is 57.8 Å². The maximum absolute atomic E-state index is 11.4. The molecule has 3 aromatic rings. The van der Waals surface area contributed by atoms with E-state index in [2.05, 4.69) is 40.3 Å². The van der Waals surface area contributed by atoms with Gasteiger partial charge in [0.15, 0.2) is 0 Å². The number of hydrogen-bond acceptors (Lipinski definition) is 2. The number of amides is 1. The van der Waals surface area contributed by atoms with Crippen molar-refractivity contribution in [2.75, 3.05) is 0 Å². The fraction of sp³-hybridized carbons (Fsp3) is 0.111. The van der Waals surface area contributed by atoms with Gasteiger partial charge < -0.3 is 5.32 Å². The average molecular weight is 291 g/mol. The van der Waals surface area contributed by atoms with Crippen LogP contribution in [-0.2, 0) is 4.79 Å². The van der Waals surface area contributed by atoms with Crippen LogP contribution in [0.3, 0.4) is 0 Å². The van der Waals surface area contributed by atoms with E-state index in [1.54, 1.807) is 0 Å². The fourth-order valence-corrected chi connectivity index (χ4v) is 2.52. The number of carbonyl (C=O) groups is 1. The van der Waals surface area contributed by atoms with E-state index in [9.17, 15) is 4.79 Å². The number of nitrogens with one attached hydrogen (secondary N) is 2. The van der Waals surface area contributed by atoms with Crippen molar-refractivity contribution in [3.63, 3.8) is 0 Å². The highest BCUT2D eigenvalue weighted by Gasteiger charge is 2.09. The van der Waals surface area contributed by atoms with E-state index in [1.165, 1.54) is 6.08 Å². The van der Waals surface area contributed by atoms with Gasteiger partial charge in [-0.1, -0.05) is 49.0 Å². The van der Waals surface area contributed by atoms with Crippen molar-refractivity contribution in [1.82, 2.24) is 15.5 Å². The normalized spacial score (nSPS) is 12.0. The van der Waals surface area contributed by atoms with Gasteiger partial charge in [0.1, 0.15) is 0 Å². The molecule has 22 heavy (non-hydrogen) atoms. The molecule has 4 nitrogen and oxygen atoms in total. The Bertz CT molecular complexity index is 818. The molecule has 1 amide bonds. The summed E-state index contributed by atoms with van der Waals surface area (Å²) in [6.45, 7) is 5.41. The standard InChI is InChI=1S/C18H17N3O/c1-3-17(22)20-12(2)13-7-9-14(10-8-13)16-6-4-5-15-11-19-21-18(15)16/h3-12H,1H2,2H3,(H,19,21)(H,20,22)/t12-/m1/s1. The van der Waals surface area contributed by atoms with Crippen LogP contribution in [0.15, 0.2) is 61.3 Å².